The minimum absolute atomic E-state index is 0.0140. The van der Waals surface area contributed by atoms with Crippen LogP contribution in [0, 0.1) is 0 Å². The Hall–Kier alpha value is -2.07. The highest BCUT2D eigenvalue weighted by molar-refractivity contribution is 7.98. The second-order valence-electron chi connectivity index (χ2n) is 5.09. The Kier molecular flexibility index (Phi) is 3.55. The van der Waals surface area contributed by atoms with Crippen LogP contribution in [-0.2, 0) is 10.5 Å². The summed E-state index contributed by atoms with van der Waals surface area (Å²) in [5, 5.41) is 9.12. The lowest BCUT2D eigenvalue weighted by molar-refractivity contribution is -0.138. The molecule has 1 atom stereocenters. The van der Waals surface area contributed by atoms with Crippen LogP contribution in [0.2, 0.25) is 0 Å². The fraction of sp³-hybridized carbons (Fsp3) is 0.176. The number of rotatable bonds is 2. The lowest BCUT2D eigenvalue weighted by atomic mass is 9.95. The van der Waals surface area contributed by atoms with Crippen LogP contribution in [0.15, 0.2) is 47.4 Å². The Morgan fingerprint density at radius 2 is 1.95 bits per heavy atom. The van der Waals surface area contributed by atoms with Gasteiger partial charge in [0, 0.05) is 21.8 Å². The Morgan fingerprint density at radius 1 is 1.19 bits per heavy atom. The normalized spacial score (nSPS) is 14.8. The second kappa shape index (κ2) is 5.37. The molecule has 1 aliphatic heterocycles. The Labute approximate surface area is 127 Å². The van der Waals surface area contributed by atoms with E-state index in [0.717, 1.165) is 27.3 Å². The minimum Gasteiger partial charge on any atom is -0.481 e. The van der Waals surface area contributed by atoms with Crippen LogP contribution in [0.1, 0.15) is 39.9 Å². The molecule has 0 spiro atoms. The summed E-state index contributed by atoms with van der Waals surface area (Å²) in [5.74, 6) is -0.695. The van der Waals surface area contributed by atoms with Gasteiger partial charge in [-0.1, -0.05) is 30.3 Å². The van der Waals surface area contributed by atoms with Gasteiger partial charge in [-0.25, -0.2) is 0 Å². The number of carbonyl (C=O) groups excluding carboxylic acids is 1. The molecule has 3 nitrogen and oxygen atoms in total. The fourth-order valence-electron chi connectivity index (χ4n) is 2.43. The van der Waals surface area contributed by atoms with Gasteiger partial charge in [0.15, 0.2) is 5.78 Å². The SMILES string of the molecule is C[C@@H](C(=O)O)c1ccc2c(c1)SCc1ccccc1C2=O. The molecule has 0 unspecified atom stereocenters. The number of carbonyl (C=O) groups is 2. The summed E-state index contributed by atoms with van der Waals surface area (Å²) in [6.45, 7) is 1.65. The van der Waals surface area contributed by atoms with Crippen molar-refractivity contribution in [2.75, 3.05) is 0 Å². The Balaban J connectivity index is 2.07. The van der Waals surface area contributed by atoms with Gasteiger partial charge in [0.05, 0.1) is 5.92 Å². The Bertz CT molecular complexity index is 737. The molecule has 0 aromatic heterocycles. The number of hydrogen-bond acceptors (Lipinski definition) is 3. The molecule has 0 saturated carbocycles. The second-order valence-corrected chi connectivity index (χ2v) is 6.11. The predicted octanol–water partition coefficient (Wildman–Crippen LogP) is 3.71. The third-order valence-corrected chi connectivity index (χ3v) is 4.87. The summed E-state index contributed by atoms with van der Waals surface area (Å²) in [6, 6.07) is 12.9. The fourth-order valence-corrected chi connectivity index (χ4v) is 3.52. The van der Waals surface area contributed by atoms with Crippen molar-refractivity contribution in [1.82, 2.24) is 0 Å². The van der Waals surface area contributed by atoms with Gasteiger partial charge in [0.1, 0.15) is 0 Å². The van der Waals surface area contributed by atoms with E-state index in [4.69, 9.17) is 5.11 Å². The maximum atomic E-state index is 12.6. The van der Waals surface area contributed by atoms with E-state index in [2.05, 4.69) is 0 Å². The molecule has 1 aliphatic rings. The molecule has 0 bridgehead atoms. The van der Waals surface area contributed by atoms with Crippen LogP contribution >= 0.6 is 11.8 Å². The van der Waals surface area contributed by atoms with E-state index in [9.17, 15) is 9.59 Å². The molecule has 106 valence electrons. The molecule has 3 rings (SSSR count). The first-order chi connectivity index (χ1) is 10.1. The largest absolute Gasteiger partial charge is 0.481 e. The third kappa shape index (κ3) is 2.47. The van der Waals surface area contributed by atoms with Crippen molar-refractivity contribution >= 4 is 23.5 Å². The van der Waals surface area contributed by atoms with E-state index in [-0.39, 0.29) is 5.78 Å². The van der Waals surface area contributed by atoms with E-state index in [0.29, 0.717) is 5.56 Å². The zero-order valence-corrected chi connectivity index (χ0v) is 12.3. The lowest BCUT2D eigenvalue weighted by Crippen LogP contribution is -2.09. The molecule has 2 aromatic carbocycles. The summed E-state index contributed by atoms with van der Waals surface area (Å²) < 4.78 is 0. The topological polar surface area (TPSA) is 54.4 Å². The molecule has 0 fully saturated rings. The van der Waals surface area contributed by atoms with E-state index < -0.39 is 11.9 Å². The van der Waals surface area contributed by atoms with Crippen molar-refractivity contribution in [3.8, 4) is 0 Å². The molecule has 0 aliphatic carbocycles. The van der Waals surface area contributed by atoms with Crippen molar-refractivity contribution < 1.29 is 14.7 Å². The van der Waals surface area contributed by atoms with Gasteiger partial charge in [-0.05, 0) is 30.2 Å². The number of carboxylic acid groups (broad SMARTS) is 1. The number of thioether (sulfide) groups is 1. The van der Waals surface area contributed by atoms with Crippen molar-refractivity contribution in [3.63, 3.8) is 0 Å². The minimum atomic E-state index is -0.858. The van der Waals surface area contributed by atoms with Crippen molar-refractivity contribution in [3.05, 3.63) is 64.7 Å². The molecular formula is C17H14O3S. The summed E-state index contributed by atoms with van der Waals surface area (Å²) in [4.78, 5) is 24.6. The third-order valence-electron chi connectivity index (χ3n) is 3.77. The maximum absolute atomic E-state index is 12.6. The number of aliphatic carboxylic acids is 1. The van der Waals surface area contributed by atoms with Crippen molar-refractivity contribution in [1.29, 1.82) is 0 Å². The number of hydrogen-bond donors (Lipinski definition) is 1. The number of ketones is 1. The zero-order valence-electron chi connectivity index (χ0n) is 11.5. The lowest BCUT2D eigenvalue weighted by Gasteiger charge is -2.10. The van der Waals surface area contributed by atoms with Crippen LogP contribution in [0.5, 0.6) is 0 Å². The van der Waals surface area contributed by atoms with Crippen LogP contribution in [0.3, 0.4) is 0 Å². The number of benzene rings is 2. The van der Waals surface area contributed by atoms with Gasteiger partial charge in [-0.15, -0.1) is 11.8 Å². The van der Waals surface area contributed by atoms with Gasteiger partial charge < -0.3 is 5.11 Å². The molecule has 1 N–H and O–H groups in total. The van der Waals surface area contributed by atoms with Gasteiger partial charge in [-0.3, -0.25) is 9.59 Å². The van der Waals surface area contributed by atoms with E-state index in [1.54, 1.807) is 30.8 Å². The summed E-state index contributed by atoms with van der Waals surface area (Å²) >= 11 is 1.59. The summed E-state index contributed by atoms with van der Waals surface area (Å²) in [5.41, 5.74) is 3.15. The number of carboxylic acids is 1. The molecule has 0 amide bonds. The molecule has 4 heteroatoms. The highest BCUT2D eigenvalue weighted by Gasteiger charge is 2.23. The van der Waals surface area contributed by atoms with E-state index >= 15 is 0 Å². The predicted molar refractivity (Wildman–Crippen MR) is 81.9 cm³/mol. The first-order valence-electron chi connectivity index (χ1n) is 6.70. The number of fused-ring (bicyclic) bond motifs is 2. The van der Waals surface area contributed by atoms with Crippen LogP contribution in [-0.4, -0.2) is 16.9 Å². The van der Waals surface area contributed by atoms with Crippen LogP contribution in [0.4, 0.5) is 0 Å². The molecular weight excluding hydrogens is 284 g/mol. The highest BCUT2D eigenvalue weighted by atomic mass is 32.2. The van der Waals surface area contributed by atoms with Gasteiger partial charge in [0.2, 0.25) is 0 Å². The summed E-state index contributed by atoms with van der Waals surface area (Å²) in [6.07, 6.45) is 0. The van der Waals surface area contributed by atoms with Gasteiger partial charge in [0.25, 0.3) is 0 Å². The summed E-state index contributed by atoms with van der Waals surface area (Å²) in [7, 11) is 0. The Morgan fingerprint density at radius 3 is 2.71 bits per heavy atom. The molecule has 0 saturated heterocycles. The standard InChI is InChI=1S/C17H14O3S/c1-10(17(19)20)11-6-7-14-15(8-11)21-9-12-4-2-3-5-13(12)16(14)18/h2-8,10H,9H2,1H3,(H,19,20)/t10-/m1/s1. The average Bonchev–Trinajstić information content (AvgIpc) is 2.64. The van der Waals surface area contributed by atoms with Crippen molar-refractivity contribution in [2.45, 2.75) is 23.5 Å². The molecule has 1 heterocycles. The average molecular weight is 298 g/mol. The van der Waals surface area contributed by atoms with Gasteiger partial charge >= 0.3 is 5.97 Å². The van der Waals surface area contributed by atoms with Crippen LogP contribution in [0.25, 0.3) is 0 Å². The maximum Gasteiger partial charge on any atom is 0.310 e. The zero-order chi connectivity index (χ0) is 15.0. The highest BCUT2D eigenvalue weighted by Crippen LogP contribution is 2.35. The smallest absolute Gasteiger partial charge is 0.310 e. The molecule has 2 aromatic rings. The molecule has 0 radical (unpaired) electrons. The monoisotopic (exact) mass is 298 g/mol. The van der Waals surface area contributed by atoms with Gasteiger partial charge in [-0.2, -0.15) is 0 Å². The molecule has 21 heavy (non-hydrogen) atoms. The first kappa shape index (κ1) is 13.9. The first-order valence-corrected chi connectivity index (χ1v) is 7.68. The van der Waals surface area contributed by atoms with Crippen LogP contribution < -0.4 is 0 Å². The quantitative estimate of drug-likeness (QED) is 0.918. The van der Waals surface area contributed by atoms with E-state index in [1.165, 1.54) is 0 Å². The van der Waals surface area contributed by atoms with E-state index in [1.807, 2.05) is 30.3 Å². The van der Waals surface area contributed by atoms with Crippen molar-refractivity contribution in [2.24, 2.45) is 0 Å².